The van der Waals surface area contributed by atoms with Gasteiger partial charge in [0.1, 0.15) is 5.69 Å². The van der Waals surface area contributed by atoms with Crippen LogP contribution in [0.4, 0.5) is 0 Å². The zero-order chi connectivity index (χ0) is 17.1. The van der Waals surface area contributed by atoms with Crippen molar-refractivity contribution in [1.29, 1.82) is 0 Å². The Balaban J connectivity index is 1.89. The first kappa shape index (κ1) is 16.8. The monoisotopic (exact) mass is 378 g/mol. The van der Waals surface area contributed by atoms with Crippen LogP contribution in [0, 0.1) is 6.92 Å². The molecule has 0 unspecified atom stereocenters. The molecule has 2 aromatic heterocycles. The number of aromatic nitrogens is 3. The summed E-state index contributed by atoms with van der Waals surface area (Å²) in [5, 5.41) is 3.01. The maximum atomic E-state index is 12.2. The van der Waals surface area contributed by atoms with Gasteiger partial charge in [-0.2, -0.15) is 4.99 Å². The Labute approximate surface area is 152 Å². The number of carbonyl (C=O) groups excluding carboxylic acids is 1. The fourth-order valence-electron chi connectivity index (χ4n) is 1.99. The quantitative estimate of drug-likeness (QED) is 0.697. The SMILES string of the molecule is Cc1cnc(C(=O)N=c2sccn2Cc2ccc(Cl)cc2Cl)cn1. The van der Waals surface area contributed by atoms with E-state index in [0.717, 1.165) is 11.3 Å². The van der Waals surface area contributed by atoms with Gasteiger partial charge in [-0.05, 0) is 24.6 Å². The number of hydrogen-bond acceptors (Lipinski definition) is 4. The van der Waals surface area contributed by atoms with Gasteiger partial charge in [0.05, 0.1) is 18.4 Å². The third kappa shape index (κ3) is 3.90. The molecule has 122 valence electrons. The molecule has 3 aromatic rings. The molecule has 8 heteroatoms. The van der Waals surface area contributed by atoms with Crippen LogP contribution >= 0.6 is 34.5 Å². The normalized spacial score (nSPS) is 11.7. The predicted molar refractivity (Wildman–Crippen MR) is 94.5 cm³/mol. The van der Waals surface area contributed by atoms with Crippen LogP contribution in [0.1, 0.15) is 21.7 Å². The van der Waals surface area contributed by atoms with E-state index in [0.29, 0.717) is 21.4 Å². The van der Waals surface area contributed by atoms with Gasteiger partial charge < -0.3 is 4.57 Å². The van der Waals surface area contributed by atoms with E-state index >= 15 is 0 Å². The summed E-state index contributed by atoms with van der Waals surface area (Å²) in [4.78, 5) is 25.0. The minimum absolute atomic E-state index is 0.213. The van der Waals surface area contributed by atoms with Crippen molar-refractivity contribution >= 4 is 40.4 Å². The van der Waals surface area contributed by atoms with E-state index in [9.17, 15) is 4.79 Å². The first-order chi connectivity index (χ1) is 11.5. The Kier molecular flexibility index (Phi) is 5.08. The minimum Gasteiger partial charge on any atom is -0.319 e. The maximum Gasteiger partial charge on any atom is 0.299 e. The molecule has 3 rings (SSSR count). The maximum absolute atomic E-state index is 12.2. The van der Waals surface area contributed by atoms with Crippen LogP contribution < -0.4 is 4.80 Å². The zero-order valence-electron chi connectivity index (χ0n) is 12.6. The average molecular weight is 379 g/mol. The molecule has 24 heavy (non-hydrogen) atoms. The van der Waals surface area contributed by atoms with Crippen molar-refractivity contribution in [3.05, 3.63) is 74.0 Å². The van der Waals surface area contributed by atoms with Gasteiger partial charge in [0.15, 0.2) is 4.80 Å². The topological polar surface area (TPSA) is 60.1 Å². The van der Waals surface area contributed by atoms with Crippen LogP contribution in [-0.2, 0) is 6.54 Å². The Morgan fingerprint density at radius 3 is 2.83 bits per heavy atom. The summed E-state index contributed by atoms with van der Waals surface area (Å²) in [7, 11) is 0. The van der Waals surface area contributed by atoms with Crippen LogP contribution in [0.25, 0.3) is 0 Å². The van der Waals surface area contributed by atoms with Crippen molar-refractivity contribution in [2.24, 2.45) is 4.99 Å². The summed E-state index contributed by atoms with van der Waals surface area (Å²) in [5.74, 6) is -0.430. The van der Waals surface area contributed by atoms with Crippen LogP contribution in [0.15, 0.2) is 47.2 Å². The van der Waals surface area contributed by atoms with Crippen molar-refractivity contribution in [2.45, 2.75) is 13.5 Å². The predicted octanol–water partition coefficient (Wildman–Crippen LogP) is 3.74. The molecule has 0 saturated heterocycles. The van der Waals surface area contributed by atoms with Crippen LogP contribution in [0.5, 0.6) is 0 Å². The molecule has 0 spiro atoms. The number of nitrogens with zero attached hydrogens (tertiary/aromatic N) is 4. The third-order valence-corrected chi connectivity index (χ3v) is 4.59. The second kappa shape index (κ2) is 7.25. The van der Waals surface area contributed by atoms with E-state index in [1.807, 2.05) is 29.1 Å². The summed E-state index contributed by atoms with van der Waals surface area (Å²) < 4.78 is 1.85. The van der Waals surface area contributed by atoms with Crippen molar-refractivity contribution in [3.63, 3.8) is 0 Å². The highest BCUT2D eigenvalue weighted by Gasteiger charge is 2.08. The molecule has 0 aliphatic heterocycles. The largest absolute Gasteiger partial charge is 0.319 e. The summed E-state index contributed by atoms with van der Waals surface area (Å²) in [6.07, 6.45) is 4.82. The molecule has 5 nitrogen and oxygen atoms in total. The first-order valence-corrected chi connectivity index (χ1v) is 8.62. The highest BCUT2D eigenvalue weighted by atomic mass is 35.5. The summed E-state index contributed by atoms with van der Waals surface area (Å²) in [6, 6.07) is 5.32. The third-order valence-electron chi connectivity index (χ3n) is 3.21. The van der Waals surface area contributed by atoms with E-state index in [1.165, 1.54) is 17.5 Å². The highest BCUT2D eigenvalue weighted by molar-refractivity contribution is 7.07. The van der Waals surface area contributed by atoms with Crippen molar-refractivity contribution in [3.8, 4) is 0 Å². The van der Waals surface area contributed by atoms with Gasteiger partial charge in [-0.25, -0.2) is 4.98 Å². The number of aryl methyl sites for hydroxylation is 1. The molecule has 0 bridgehead atoms. The number of thiazole rings is 1. The van der Waals surface area contributed by atoms with E-state index < -0.39 is 5.91 Å². The minimum atomic E-state index is -0.430. The van der Waals surface area contributed by atoms with Crippen molar-refractivity contribution < 1.29 is 4.79 Å². The van der Waals surface area contributed by atoms with Gasteiger partial charge in [-0.1, -0.05) is 29.3 Å². The molecule has 0 aliphatic rings. The van der Waals surface area contributed by atoms with E-state index in [2.05, 4.69) is 15.0 Å². The Hall–Kier alpha value is -2.02. The van der Waals surface area contributed by atoms with Crippen LogP contribution in [0.3, 0.4) is 0 Å². The van der Waals surface area contributed by atoms with E-state index in [-0.39, 0.29) is 5.69 Å². The van der Waals surface area contributed by atoms with Crippen LogP contribution in [0.2, 0.25) is 10.0 Å². The van der Waals surface area contributed by atoms with Gasteiger partial charge in [0, 0.05) is 27.8 Å². The highest BCUT2D eigenvalue weighted by Crippen LogP contribution is 2.21. The average Bonchev–Trinajstić information content (AvgIpc) is 2.97. The molecule has 0 aliphatic carbocycles. The number of benzene rings is 1. The second-order valence-corrected chi connectivity index (χ2v) is 6.73. The van der Waals surface area contributed by atoms with E-state index in [1.54, 1.807) is 18.3 Å². The second-order valence-electron chi connectivity index (χ2n) is 5.01. The van der Waals surface area contributed by atoms with Gasteiger partial charge in [0.2, 0.25) is 0 Å². The Morgan fingerprint density at radius 1 is 1.29 bits per heavy atom. The molecule has 0 atom stereocenters. The number of halogens is 2. The smallest absolute Gasteiger partial charge is 0.299 e. The lowest BCUT2D eigenvalue weighted by atomic mass is 10.2. The molecule has 0 N–H and O–H groups in total. The number of rotatable bonds is 3. The molecule has 1 aromatic carbocycles. The first-order valence-electron chi connectivity index (χ1n) is 6.98. The lowest BCUT2D eigenvalue weighted by Crippen LogP contribution is -2.17. The van der Waals surface area contributed by atoms with Crippen LogP contribution in [-0.4, -0.2) is 20.4 Å². The van der Waals surface area contributed by atoms with E-state index in [4.69, 9.17) is 23.2 Å². The Bertz CT molecular complexity index is 947. The number of hydrogen-bond donors (Lipinski definition) is 0. The summed E-state index contributed by atoms with van der Waals surface area (Å²) >= 11 is 13.5. The van der Waals surface area contributed by atoms with Gasteiger partial charge in [0.25, 0.3) is 5.91 Å². The summed E-state index contributed by atoms with van der Waals surface area (Å²) in [5.41, 5.74) is 1.85. The van der Waals surface area contributed by atoms with Crippen molar-refractivity contribution in [2.75, 3.05) is 0 Å². The van der Waals surface area contributed by atoms with Gasteiger partial charge >= 0.3 is 0 Å². The number of carbonyl (C=O) groups is 1. The molecular weight excluding hydrogens is 367 g/mol. The Morgan fingerprint density at radius 2 is 2.12 bits per heavy atom. The molecular formula is C16H12Cl2N4OS. The zero-order valence-corrected chi connectivity index (χ0v) is 14.9. The standard InChI is InChI=1S/C16H12Cl2N4OS/c1-10-7-20-14(8-19-10)15(23)21-16-22(4-5-24-16)9-11-2-3-12(17)6-13(11)18/h2-8H,9H2,1H3. The molecule has 0 saturated carbocycles. The molecule has 2 heterocycles. The fourth-order valence-corrected chi connectivity index (χ4v) is 3.18. The lowest BCUT2D eigenvalue weighted by Gasteiger charge is -2.06. The molecule has 0 fully saturated rings. The number of amides is 1. The summed E-state index contributed by atoms with van der Waals surface area (Å²) in [6.45, 7) is 2.30. The molecule has 1 amide bonds. The lowest BCUT2D eigenvalue weighted by molar-refractivity contribution is 0.0992. The van der Waals surface area contributed by atoms with Crippen molar-refractivity contribution in [1.82, 2.24) is 14.5 Å². The molecule has 0 radical (unpaired) electrons. The van der Waals surface area contributed by atoms with Gasteiger partial charge in [-0.15, -0.1) is 11.3 Å². The fraction of sp³-hybridized carbons (Fsp3) is 0.125. The van der Waals surface area contributed by atoms with Gasteiger partial charge in [-0.3, -0.25) is 9.78 Å².